The van der Waals surface area contributed by atoms with E-state index in [0.29, 0.717) is 16.6 Å². The summed E-state index contributed by atoms with van der Waals surface area (Å²) in [5.74, 6) is -0.254. The molecule has 78 valence electrons. The van der Waals surface area contributed by atoms with Crippen LogP contribution in [0.3, 0.4) is 0 Å². The fraction of sp³-hybridized carbons (Fsp3) is 0.200. The van der Waals surface area contributed by atoms with Crippen molar-refractivity contribution in [2.45, 2.75) is 6.42 Å². The first-order valence-corrected chi connectivity index (χ1v) is 4.42. The van der Waals surface area contributed by atoms with Crippen LogP contribution in [0.1, 0.15) is 5.56 Å². The number of aromatic hydroxyl groups is 1. The van der Waals surface area contributed by atoms with Crippen LogP contribution in [-0.2, 0) is 16.0 Å². The van der Waals surface area contributed by atoms with E-state index in [1.807, 2.05) is 0 Å². The van der Waals surface area contributed by atoms with Crippen LogP contribution < -0.4 is 0 Å². The third kappa shape index (κ3) is 1.76. The smallest absolute Gasteiger partial charge is 0.310 e. The van der Waals surface area contributed by atoms with Gasteiger partial charge in [0.2, 0.25) is 0 Å². The Bertz CT molecular complexity index is 504. The lowest BCUT2D eigenvalue weighted by Gasteiger charge is -2.02. The number of aromatic amines is 1. The summed E-state index contributed by atoms with van der Waals surface area (Å²) in [4.78, 5) is 18.1. The first-order valence-electron chi connectivity index (χ1n) is 4.42. The van der Waals surface area contributed by atoms with Crippen LogP contribution in [0.4, 0.5) is 0 Å². The number of hydrogen-bond acceptors (Lipinski definition) is 4. The predicted molar refractivity (Wildman–Crippen MR) is 53.5 cm³/mol. The number of nitrogens with one attached hydrogen (secondary N) is 1. The topological polar surface area (TPSA) is 75.2 Å². The zero-order valence-electron chi connectivity index (χ0n) is 8.15. The van der Waals surface area contributed by atoms with Crippen molar-refractivity contribution in [3.63, 3.8) is 0 Å². The standard InChI is InChI=1S/C10H10N2O3/c1-15-9(14)3-6-2-7(13)4-8-10(6)12-5-11-8/h2,4-5,13H,3H2,1H3,(H,11,12). The molecule has 0 aliphatic carbocycles. The Balaban J connectivity index is 2.48. The molecule has 0 unspecified atom stereocenters. The fourth-order valence-electron chi connectivity index (χ4n) is 1.47. The van der Waals surface area contributed by atoms with Crippen molar-refractivity contribution in [1.82, 2.24) is 9.97 Å². The van der Waals surface area contributed by atoms with Gasteiger partial charge < -0.3 is 14.8 Å². The van der Waals surface area contributed by atoms with Gasteiger partial charge in [0.05, 0.1) is 30.9 Å². The number of H-pyrrole nitrogens is 1. The molecule has 0 fully saturated rings. The molecule has 5 heteroatoms. The number of fused-ring (bicyclic) bond motifs is 1. The number of imidazole rings is 1. The molecule has 0 saturated carbocycles. The molecule has 5 nitrogen and oxygen atoms in total. The highest BCUT2D eigenvalue weighted by Gasteiger charge is 2.10. The number of methoxy groups -OCH3 is 1. The van der Waals surface area contributed by atoms with Crippen LogP contribution in [0.25, 0.3) is 11.0 Å². The monoisotopic (exact) mass is 206 g/mol. The van der Waals surface area contributed by atoms with E-state index in [0.717, 1.165) is 0 Å². The van der Waals surface area contributed by atoms with Crippen LogP contribution >= 0.6 is 0 Å². The van der Waals surface area contributed by atoms with E-state index in [-0.39, 0.29) is 18.1 Å². The van der Waals surface area contributed by atoms with Gasteiger partial charge in [-0.25, -0.2) is 4.98 Å². The molecule has 1 aromatic carbocycles. The molecule has 0 atom stereocenters. The van der Waals surface area contributed by atoms with E-state index in [9.17, 15) is 9.90 Å². The van der Waals surface area contributed by atoms with Crippen LogP contribution in [0.15, 0.2) is 18.5 Å². The van der Waals surface area contributed by atoms with Gasteiger partial charge in [0, 0.05) is 6.07 Å². The van der Waals surface area contributed by atoms with E-state index in [1.54, 1.807) is 6.07 Å². The molecule has 0 aliphatic rings. The van der Waals surface area contributed by atoms with E-state index in [2.05, 4.69) is 14.7 Å². The predicted octanol–water partition coefficient (Wildman–Crippen LogP) is 0.984. The number of carbonyl (C=O) groups is 1. The number of nitrogens with zero attached hydrogens (tertiary/aromatic N) is 1. The largest absolute Gasteiger partial charge is 0.508 e. The third-order valence-corrected chi connectivity index (χ3v) is 2.15. The summed E-state index contributed by atoms with van der Waals surface area (Å²) < 4.78 is 4.56. The molecule has 0 spiro atoms. The van der Waals surface area contributed by atoms with Crippen molar-refractivity contribution in [3.05, 3.63) is 24.0 Å². The molecule has 2 N–H and O–H groups in total. The van der Waals surface area contributed by atoms with E-state index in [4.69, 9.17) is 0 Å². The van der Waals surface area contributed by atoms with Crippen molar-refractivity contribution in [3.8, 4) is 5.75 Å². The van der Waals surface area contributed by atoms with Gasteiger partial charge in [0.25, 0.3) is 0 Å². The number of ether oxygens (including phenoxy) is 1. The lowest BCUT2D eigenvalue weighted by molar-refractivity contribution is -0.139. The Kier molecular flexibility index (Phi) is 2.29. The SMILES string of the molecule is COC(=O)Cc1cc(O)cc2[nH]cnc12. The maximum atomic E-state index is 11.1. The molecular formula is C10H10N2O3. The molecular weight excluding hydrogens is 196 g/mol. The zero-order valence-corrected chi connectivity index (χ0v) is 8.15. The van der Waals surface area contributed by atoms with E-state index < -0.39 is 0 Å². The Morgan fingerprint density at radius 2 is 2.40 bits per heavy atom. The van der Waals surface area contributed by atoms with Gasteiger partial charge in [-0.1, -0.05) is 0 Å². The highest BCUT2D eigenvalue weighted by molar-refractivity contribution is 5.84. The zero-order chi connectivity index (χ0) is 10.8. The average molecular weight is 206 g/mol. The van der Waals surface area contributed by atoms with Gasteiger partial charge in [-0.3, -0.25) is 4.79 Å². The molecule has 2 rings (SSSR count). The second kappa shape index (κ2) is 3.61. The summed E-state index contributed by atoms with van der Waals surface area (Å²) in [7, 11) is 1.33. The van der Waals surface area contributed by atoms with Gasteiger partial charge in [0.15, 0.2) is 0 Å². The quantitative estimate of drug-likeness (QED) is 0.718. The van der Waals surface area contributed by atoms with Crippen molar-refractivity contribution in [2.24, 2.45) is 0 Å². The maximum Gasteiger partial charge on any atom is 0.310 e. The van der Waals surface area contributed by atoms with Gasteiger partial charge in [-0.2, -0.15) is 0 Å². The molecule has 1 heterocycles. The Labute approximate surface area is 85.7 Å². The first kappa shape index (κ1) is 9.51. The highest BCUT2D eigenvalue weighted by Crippen LogP contribution is 2.22. The van der Waals surface area contributed by atoms with Gasteiger partial charge in [-0.15, -0.1) is 0 Å². The van der Waals surface area contributed by atoms with Crippen molar-refractivity contribution in [1.29, 1.82) is 0 Å². The van der Waals surface area contributed by atoms with Gasteiger partial charge >= 0.3 is 5.97 Å². The molecule has 0 amide bonds. The second-order valence-electron chi connectivity index (χ2n) is 3.16. The second-order valence-corrected chi connectivity index (χ2v) is 3.16. The number of phenolic OH excluding ortho intramolecular Hbond substituents is 1. The highest BCUT2D eigenvalue weighted by atomic mass is 16.5. The summed E-state index contributed by atoms with van der Waals surface area (Å²) in [5.41, 5.74) is 2.03. The lowest BCUT2D eigenvalue weighted by Crippen LogP contribution is -2.04. The Morgan fingerprint density at radius 3 is 3.13 bits per heavy atom. The summed E-state index contributed by atoms with van der Waals surface area (Å²) in [6.45, 7) is 0. The maximum absolute atomic E-state index is 11.1. The molecule has 15 heavy (non-hydrogen) atoms. The Morgan fingerprint density at radius 1 is 1.60 bits per heavy atom. The number of rotatable bonds is 2. The Hall–Kier alpha value is -2.04. The summed E-state index contributed by atoms with van der Waals surface area (Å²) >= 11 is 0. The summed E-state index contributed by atoms with van der Waals surface area (Å²) in [6.07, 6.45) is 1.62. The van der Waals surface area contributed by atoms with E-state index >= 15 is 0 Å². The molecule has 2 aromatic rings. The van der Waals surface area contributed by atoms with Crippen LogP contribution in [0.5, 0.6) is 5.75 Å². The van der Waals surface area contributed by atoms with Crippen LogP contribution in [-0.4, -0.2) is 28.2 Å². The average Bonchev–Trinajstić information content (AvgIpc) is 2.65. The van der Waals surface area contributed by atoms with Crippen molar-refractivity contribution < 1.29 is 14.6 Å². The number of benzene rings is 1. The molecule has 1 aromatic heterocycles. The van der Waals surface area contributed by atoms with E-state index in [1.165, 1.54) is 19.5 Å². The molecule has 0 saturated heterocycles. The number of esters is 1. The fourth-order valence-corrected chi connectivity index (χ4v) is 1.47. The van der Waals surface area contributed by atoms with Gasteiger partial charge in [0.1, 0.15) is 5.75 Å². The van der Waals surface area contributed by atoms with Crippen molar-refractivity contribution in [2.75, 3.05) is 7.11 Å². The molecule has 0 radical (unpaired) electrons. The number of phenols is 1. The molecule has 0 bridgehead atoms. The lowest BCUT2D eigenvalue weighted by atomic mass is 10.1. The number of aromatic nitrogens is 2. The van der Waals surface area contributed by atoms with Crippen LogP contribution in [0, 0.1) is 0 Å². The van der Waals surface area contributed by atoms with Crippen LogP contribution in [0.2, 0.25) is 0 Å². The molecule has 0 aliphatic heterocycles. The first-order chi connectivity index (χ1) is 7.20. The van der Waals surface area contributed by atoms with Gasteiger partial charge in [-0.05, 0) is 11.6 Å². The normalized spacial score (nSPS) is 10.5. The number of hydrogen-bond donors (Lipinski definition) is 2. The third-order valence-electron chi connectivity index (χ3n) is 2.15. The minimum absolute atomic E-state index is 0.102. The van der Waals surface area contributed by atoms with Crippen molar-refractivity contribution >= 4 is 17.0 Å². The minimum Gasteiger partial charge on any atom is -0.508 e. The summed E-state index contributed by atoms with van der Waals surface area (Å²) in [5, 5.41) is 9.42. The minimum atomic E-state index is -0.357. The summed E-state index contributed by atoms with van der Waals surface area (Å²) in [6, 6.07) is 3.07. The number of carbonyl (C=O) groups excluding carboxylic acids is 1.